The molecule has 1 heterocycles. The molecule has 0 spiro atoms. The molecule has 5 nitrogen and oxygen atoms in total. The zero-order valence-corrected chi connectivity index (χ0v) is 15.6. The Bertz CT molecular complexity index is 954. The summed E-state index contributed by atoms with van der Waals surface area (Å²) in [5.41, 5.74) is 3.55. The van der Waals surface area contributed by atoms with Crippen LogP contribution >= 0.6 is 0 Å². The van der Waals surface area contributed by atoms with E-state index in [1.165, 1.54) is 0 Å². The van der Waals surface area contributed by atoms with Crippen LogP contribution in [0.1, 0.15) is 42.5 Å². The molecular weight excluding hydrogens is 336 g/mol. The van der Waals surface area contributed by atoms with E-state index < -0.39 is 5.41 Å². The van der Waals surface area contributed by atoms with Crippen LogP contribution in [0.5, 0.6) is 0 Å². The van der Waals surface area contributed by atoms with E-state index in [-0.39, 0.29) is 6.03 Å². The quantitative estimate of drug-likeness (QED) is 0.863. The third-order valence-electron chi connectivity index (χ3n) is 5.31. The number of rotatable bonds is 5. The monoisotopic (exact) mass is 358 g/mol. The average molecular weight is 358 g/mol. The van der Waals surface area contributed by atoms with Crippen LogP contribution in [0, 0.1) is 22.7 Å². The molecule has 0 saturated heterocycles. The second kappa shape index (κ2) is 7.51. The molecule has 2 amide bonds. The number of carbonyl (C=O) groups is 1. The molecule has 0 aliphatic carbocycles. The van der Waals surface area contributed by atoms with Crippen molar-refractivity contribution in [3.63, 3.8) is 0 Å². The Morgan fingerprint density at radius 3 is 2.67 bits per heavy atom. The summed E-state index contributed by atoms with van der Waals surface area (Å²) in [4.78, 5) is 13.9. The summed E-state index contributed by atoms with van der Waals surface area (Å²) in [6.45, 7) is 5.17. The van der Waals surface area contributed by atoms with Crippen LogP contribution in [0.4, 0.5) is 10.5 Å². The van der Waals surface area contributed by atoms with Gasteiger partial charge in [-0.1, -0.05) is 31.2 Å². The molecule has 0 aromatic heterocycles. The van der Waals surface area contributed by atoms with E-state index in [1.54, 1.807) is 11.0 Å². The summed E-state index contributed by atoms with van der Waals surface area (Å²) in [7, 11) is 0. The van der Waals surface area contributed by atoms with Gasteiger partial charge in [-0.2, -0.15) is 10.5 Å². The van der Waals surface area contributed by atoms with Crippen molar-refractivity contribution in [3.05, 3.63) is 64.7 Å². The third-order valence-corrected chi connectivity index (χ3v) is 5.31. The molecule has 0 bridgehead atoms. The van der Waals surface area contributed by atoms with Crippen molar-refractivity contribution < 1.29 is 4.79 Å². The van der Waals surface area contributed by atoms with Crippen LogP contribution in [0.3, 0.4) is 0 Å². The maximum atomic E-state index is 12.2. The molecule has 3 rings (SSSR count). The Balaban J connectivity index is 1.98. The molecule has 0 saturated carbocycles. The summed E-state index contributed by atoms with van der Waals surface area (Å²) >= 11 is 0. The molecule has 2 aromatic carbocycles. The molecule has 0 fully saturated rings. The molecule has 0 unspecified atom stereocenters. The highest BCUT2D eigenvalue weighted by atomic mass is 16.2. The zero-order chi connectivity index (χ0) is 19.4. The number of anilines is 1. The van der Waals surface area contributed by atoms with Gasteiger partial charge in [0.25, 0.3) is 0 Å². The number of benzene rings is 2. The summed E-state index contributed by atoms with van der Waals surface area (Å²) in [6, 6.07) is 17.9. The van der Waals surface area contributed by atoms with Crippen LogP contribution in [0.15, 0.2) is 42.5 Å². The molecule has 1 atom stereocenters. The largest absolute Gasteiger partial charge is 0.322 e. The molecule has 2 aromatic rings. The average Bonchev–Trinajstić information content (AvgIpc) is 2.71. The Hall–Kier alpha value is -3.31. The molecular formula is C22H22N4O. The maximum absolute atomic E-state index is 12.2. The van der Waals surface area contributed by atoms with Gasteiger partial charge < -0.3 is 10.2 Å². The van der Waals surface area contributed by atoms with Gasteiger partial charge in [-0.05, 0) is 54.7 Å². The van der Waals surface area contributed by atoms with E-state index in [4.69, 9.17) is 5.26 Å². The number of nitrogens with zero attached hydrogens (tertiary/aromatic N) is 3. The highest BCUT2D eigenvalue weighted by Gasteiger charge is 2.32. The van der Waals surface area contributed by atoms with Crippen LogP contribution in [0.2, 0.25) is 0 Å². The van der Waals surface area contributed by atoms with Crippen molar-refractivity contribution >= 4 is 11.7 Å². The minimum absolute atomic E-state index is 0.108. The molecule has 1 aliphatic heterocycles. The number of carbonyl (C=O) groups excluding carboxylic acids is 1. The lowest BCUT2D eigenvalue weighted by Crippen LogP contribution is -2.38. The smallest absolute Gasteiger partial charge is 0.320 e. The molecule has 0 radical (unpaired) electrons. The number of hydrogen-bond acceptors (Lipinski definition) is 3. The Labute approximate surface area is 159 Å². The second-order valence-electron chi connectivity index (χ2n) is 6.85. The van der Waals surface area contributed by atoms with Gasteiger partial charge in [-0.3, -0.25) is 0 Å². The first-order valence-corrected chi connectivity index (χ1v) is 9.15. The molecule has 5 heteroatoms. The van der Waals surface area contributed by atoms with E-state index in [1.807, 2.05) is 50.2 Å². The van der Waals surface area contributed by atoms with Gasteiger partial charge in [0.2, 0.25) is 0 Å². The van der Waals surface area contributed by atoms with Crippen molar-refractivity contribution in [1.82, 2.24) is 4.90 Å². The third kappa shape index (κ3) is 3.50. The number of urea groups is 1. The first-order chi connectivity index (χ1) is 13.0. The van der Waals surface area contributed by atoms with Crippen molar-refractivity contribution in [3.8, 4) is 12.1 Å². The Morgan fingerprint density at radius 2 is 2.00 bits per heavy atom. The van der Waals surface area contributed by atoms with Gasteiger partial charge in [-0.25, -0.2) is 4.79 Å². The first kappa shape index (κ1) is 18.5. The minimum Gasteiger partial charge on any atom is -0.320 e. The number of hydrogen-bond donors (Lipinski definition) is 1. The van der Waals surface area contributed by atoms with E-state index in [2.05, 4.69) is 17.5 Å². The summed E-state index contributed by atoms with van der Waals surface area (Å²) in [6.07, 6.45) is 1.15. The highest BCUT2D eigenvalue weighted by molar-refractivity contribution is 5.92. The standard InChI is InChI=1S/C22H22N4O/c1-3-22(15-24,12-16-6-5-7-17(10-16)13-23)19-9-8-18-14-26(4-2)21(27)25-20(18)11-19/h5-11H,3-4,12,14H2,1-2H3,(H,25,27)/t22-/m1/s1. The van der Waals surface area contributed by atoms with Crippen LogP contribution in [-0.4, -0.2) is 17.5 Å². The van der Waals surface area contributed by atoms with Crippen LogP contribution < -0.4 is 5.32 Å². The SMILES string of the molecule is CCN1Cc2ccc([C@](C#N)(CC)Cc3cccc(C#N)c3)cc2NC1=O. The number of amides is 2. The Morgan fingerprint density at radius 1 is 1.19 bits per heavy atom. The van der Waals surface area contributed by atoms with Crippen molar-refractivity contribution in [2.45, 2.75) is 38.6 Å². The first-order valence-electron chi connectivity index (χ1n) is 9.15. The fraction of sp³-hybridized carbons (Fsp3) is 0.318. The molecule has 27 heavy (non-hydrogen) atoms. The van der Waals surface area contributed by atoms with Crippen molar-refractivity contribution in [2.75, 3.05) is 11.9 Å². The van der Waals surface area contributed by atoms with Gasteiger partial charge in [0.05, 0.1) is 23.1 Å². The predicted octanol–water partition coefficient (Wildman–Crippen LogP) is 4.34. The number of nitrogens with one attached hydrogen (secondary N) is 1. The highest BCUT2D eigenvalue weighted by Crippen LogP contribution is 2.35. The zero-order valence-electron chi connectivity index (χ0n) is 15.6. The van der Waals surface area contributed by atoms with E-state index in [0.717, 1.165) is 22.4 Å². The minimum atomic E-state index is -0.713. The van der Waals surface area contributed by atoms with Gasteiger partial charge in [0.1, 0.15) is 0 Å². The fourth-order valence-electron chi connectivity index (χ4n) is 3.57. The maximum Gasteiger partial charge on any atom is 0.322 e. The van der Waals surface area contributed by atoms with Crippen LogP contribution in [0.25, 0.3) is 0 Å². The van der Waals surface area contributed by atoms with Gasteiger partial charge in [0, 0.05) is 18.8 Å². The second-order valence-corrected chi connectivity index (χ2v) is 6.85. The Kier molecular flexibility index (Phi) is 5.14. The van der Waals surface area contributed by atoms with Gasteiger partial charge in [0.15, 0.2) is 0 Å². The van der Waals surface area contributed by atoms with Crippen LogP contribution in [-0.2, 0) is 18.4 Å². The normalized spacial score (nSPS) is 15.1. The number of fused-ring (bicyclic) bond motifs is 1. The predicted molar refractivity (Wildman–Crippen MR) is 104 cm³/mol. The summed E-state index contributed by atoms with van der Waals surface area (Å²) < 4.78 is 0. The lowest BCUT2D eigenvalue weighted by Gasteiger charge is -2.31. The lowest BCUT2D eigenvalue weighted by molar-refractivity contribution is 0.210. The van der Waals surface area contributed by atoms with E-state index in [0.29, 0.717) is 31.5 Å². The summed E-state index contributed by atoms with van der Waals surface area (Å²) in [5, 5.41) is 22.1. The fourth-order valence-corrected chi connectivity index (χ4v) is 3.57. The van der Waals surface area contributed by atoms with Crippen molar-refractivity contribution in [2.24, 2.45) is 0 Å². The van der Waals surface area contributed by atoms with Gasteiger partial charge >= 0.3 is 6.03 Å². The topological polar surface area (TPSA) is 79.9 Å². The van der Waals surface area contributed by atoms with Crippen molar-refractivity contribution in [1.29, 1.82) is 10.5 Å². The molecule has 136 valence electrons. The lowest BCUT2D eigenvalue weighted by atomic mass is 9.74. The number of nitriles is 2. The molecule has 1 N–H and O–H groups in total. The van der Waals surface area contributed by atoms with Gasteiger partial charge in [-0.15, -0.1) is 0 Å². The molecule has 1 aliphatic rings. The van der Waals surface area contributed by atoms with E-state index in [9.17, 15) is 10.1 Å². The van der Waals surface area contributed by atoms with E-state index >= 15 is 0 Å². The summed E-state index contributed by atoms with van der Waals surface area (Å²) in [5.74, 6) is 0.